The summed E-state index contributed by atoms with van der Waals surface area (Å²) in [5.74, 6) is 6.83. The summed E-state index contributed by atoms with van der Waals surface area (Å²) < 4.78 is 0. The second-order valence-electron chi connectivity index (χ2n) is 4.73. The zero-order chi connectivity index (χ0) is 9.42. The molecular formula is C10H21N3. The van der Waals surface area contributed by atoms with Crippen molar-refractivity contribution < 1.29 is 0 Å². The molecule has 2 atom stereocenters. The van der Waals surface area contributed by atoms with Gasteiger partial charge in [0.2, 0.25) is 0 Å². The molecule has 2 fully saturated rings. The lowest BCUT2D eigenvalue weighted by Crippen LogP contribution is -2.52. The minimum Gasteiger partial charge on any atom is -0.299 e. The molecule has 13 heavy (non-hydrogen) atoms. The summed E-state index contributed by atoms with van der Waals surface area (Å²) in [6, 6.07) is 1.31. The van der Waals surface area contributed by atoms with E-state index in [1.165, 1.54) is 25.9 Å². The molecule has 0 aromatic carbocycles. The van der Waals surface area contributed by atoms with Gasteiger partial charge in [-0.1, -0.05) is 0 Å². The summed E-state index contributed by atoms with van der Waals surface area (Å²) >= 11 is 0. The maximum absolute atomic E-state index is 5.96. The van der Waals surface area contributed by atoms with E-state index in [0.717, 1.165) is 12.5 Å². The summed E-state index contributed by atoms with van der Waals surface area (Å²) in [6.45, 7) is 8.10. The third-order valence-corrected chi connectivity index (χ3v) is 3.67. The summed E-state index contributed by atoms with van der Waals surface area (Å²) in [5.41, 5.74) is 0. The van der Waals surface area contributed by atoms with Crippen LogP contribution in [-0.2, 0) is 0 Å². The maximum atomic E-state index is 5.96. The number of hydrazine groups is 1. The van der Waals surface area contributed by atoms with Gasteiger partial charge in [-0.25, -0.2) is 5.01 Å². The Morgan fingerprint density at radius 1 is 1.23 bits per heavy atom. The molecule has 2 aliphatic rings. The Kier molecular flexibility index (Phi) is 2.58. The molecule has 2 aliphatic heterocycles. The molecule has 3 nitrogen and oxygen atoms in total. The molecule has 0 saturated carbocycles. The molecule has 0 spiro atoms. The van der Waals surface area contributed by atoms with Crippen LogP contribution in [0.15, 0.2) is 0 Å². The molecule has 0 aliphatic carbocycles. The molecule has 0 bridgehead atoms. The van der Waals surface area contributed by atoms with Gasteiger partial charge >= 0.3 is 0 Å². The SMILES string of the molecule is CC(C)N1CCC2CCN(N)C2C1. The zero-order valence-electron chi connectivity index (χ0n) is 8.74. The molecule has 76 valence electrons. The topological polar surface area (TPSA) is 32.5 Å². The Hall–Kier alpha value is -0.120. The molecule has 2 rings (SSSR count). The fourth-order valence-corrected chi connectivity index (χ4v) is 2.67. The van der Waals surface area contributed by atoms with Crippen molar-refractivity contribution in [3.05, 3.63) is 0 Å². The van der Waals surface area contributed by atoms with Crippen molar-refractivity contribution in [1.29, 1.82) is 0 Å². The first kappa shape index (κ1) is 9.44. The predicted octanol–water partition coefficient (Wildman–Crippen LogP) is 0.665. The van der Waals surface area contributed by atoms with Gasteiger partial charge in [0.05, 0.1) is 0 Å². The number of hydrogen-bond acceptors (Lipinski definition) is 3. The molecule has 0 radical (unpaired) electrons. The monoisotopic (exact) mass is 183 g/mol. The number of piperidine rings is 1. The molecule has 0 aromatic heterocycles. The maximum Gasteiger partial charge on any atom is 0.0397 e. The normalized spacial score (nSPS) is 36.9. The van der Waals surface area contributed by atoms with Crippen LogP contribution in [0.3, 0.4) is 0 Å². The smallest absolute Gasteiger partial charge is 0.0397 e. The lowest BCUT2D eigenvalue weighted by atomic mass is 9.92. The average Bonchev–Trinajstić information content (AvgIpc) is 2.47. The fourth-order valence-electron chi connectivity index (χ4n) is 2.67. The fraction of sp³-hybridized carbons (Fsp3) is 1.00. The van der Waals surface area contributed by atoms with Crippen molar-refractivity contribution in [2.75, 3.05) is 19.6 Å². The van der Waals surface area contributed by atoms with Crippen LogP contribution in [0.5, 0.6) is 0 Å². The molecule has 2 saturated heterocycles. The van der Waals surface area contributed by atoms with Gasteiger partial charge in [0, 0.05) is 25.2 Å². The van der Waals surface area contributed by atoms with Gasteiger partial charge in [0.1, 0.15) is 0 Å². The molecule has 2 unspecified atom stereocenters. The van der Waals surface area contributed by atoms with Gasteiger partial charge in [-0.3, -0.25) is 10.7 Å². The van der Waals surface area contributed by atoms with Gasteiger partial charge in [0.25, 0.3) is 0 Å². The summed E-state index contributed by atoms with van der Waals surface area (Å²) in [5, 5.41) is 2.05. The van der Waals surface area contributed by atoms with Crippen LogP contribution in [0.4, 0.5) is 0 Å². The number of hydrogen-bond donors (Lipinski definition) is 1. The first-order valence-electron chi connectivity index (χ1n) is 5.44. The van der Waals surface area contributed by atoms with Gasteiger partial charge in [-0.15, -0.1) is 0 Å². The molecule has 3 heteroatoms. The lowest BCUT2D eigenvalue weighted by molar-refractivity contribution is 0.0843. The Bertz CT molecular complexity index is 181. The Labute approximate surface area is 80.8 Å². The summed E-state index contributed by atoms with van der Waals surface area (Å²) in [7, 11) is 0. The minimum atomic E-state index is 0.635. The quantitative estimate of drug-likeness (QED) is 0.606. The Morgan fingerprint density at radius 3 is 2.62 bits per heavy atom. The predicted molar refractivity (Wildman–Crippen MR) is 54.1 cm³/mol. The minimum absolute atomic E-state index is 0.635. The van der Waals surface area contributed by atoms with Crippen LogP contribution in [0, 0.1) is 5.92 Å². The van der Waals surface area contributed by atoms with E-state index < -0.39 is 0 Å². The Balaban J connectivity index is 1.97. The summed E-state index contributed by atoms with van der Waals surface area (Å²) in [6.07, 6.45) is 2.66. The van der Waals surface area contributed by atoms with Gasteiger partial charge < -0.3 is 0 Å². The van der Waals surface area contributed by atoms with E-state index in [-0.39, 0.29) is 0 Å². The second kappa shape index (κ2) is 3.56. The standard InChI is InChI=1S/C10H21N3/c1-8(2)12-5-3-9-4-6-13(11)10(9)7-12/h8-10H,3-7,11H2,1-2H3. The van der Waals surface area contributed by atoms with E-state index in [1.54, 1.807) is 0 Å². The number of nitrogens with zero attached hydrogens (tertiary/aromatic N) is 2. The zero-order valence-corrected chi connectivity index (χ0v) is 8.74. The van der Waals surface area contributed by atoms with E-state index >= 15 is 0 Å². The first-order chi connectivity index (χ1) is 6.18. The molecule has 0 amide bonds. The van der Waals surface area contributed by atoms with Crippen molar-refractivity contribution in [2.24, 2.45) is 11.8 Å². The van der Waals surface area contributed by atoms with Gasteiger partial charge in [-0.05, 0) is 39.2 Å². The van der Waals surface area contributed by atoms with E-state index in [2.05, 4.69) is 23.8 Å². The van der Waals surface area contributed by atoms with Crippen LogP contribution in [-0.4, -0.2) is 41.6 Å². The third-order valence-electron chi connectivity index (χ3n) is 3.67. The lowest BCUT2D eigenvalue weighted by Gasteiger charge is -2.39. The molecule has 0 aromatic rings. The van der Waals surface area contributed by atoms with Crippen molar-refractivity contribution in [2.45, 2.75) is 38.8 Å². The van der Waals surface area contributed by atoms with Crippen LogP contribution >= 0.6 is 0 Å². The highest BCUT2D eigenvalue weighted by molar-refractivity contribution is 4.91. The summed E-state index contributed by atoms with van der Waals surface area (Å²) in [4.78, 5) is 2.55. The number of likely N-dealkylation sites (tertiary alicyclic amines) is 1. The molecule has 2 heterocycles. The number of nitrogens with two attached hydrogens (primary N) is 1. The van der Waals surface area contributed by atoms with Crippen molar-refractivity contribution in [1.82, 2.24) is 9.91 Å². The van der Waals surface area contributed by atoms with Crippen LogP contribution in [0.1, 0.15) is 26.7 Å². The highest BCUT2D eigenvalue weighted by atomic mass is 15.4. The van der Waals surface area contributed by atoms with Crippen LogP contribution in [0.2, 0.25) is 0 Å². The van der Waals surface area contributed by atoms with E-state index in [4.69, 9.17) is 5.84 Å². The van der Waals surface area contributed by atoms with E-state index in [0.29, 0.717) is 12.1 Å². The van der Waals surface area contributed by atoms with Crippen LogP contribution < -0.4 is 5.84 Å². The molecule has 2 N–H and O–H groups in total. The van der Waals surface area contributed by atoms with E-state index in [9.17, 15) is 0 Å². The highest BCUT2D eigenvalue weighted by Crippen LogP contribution is 2.29. The number of fused-ring (bicyclic) bond motifs is 1. The highest BCUT2D eigenvalue weighted by Gasteiger charge is 2.37. The average molecular weight is 183 g/mol. The largest absolute Gasteiger partial charge is 0.299 e. The van der Waals surface area contributed by atoms with Gasteiger partial charge in [0.15, 0.2) is 0 Å². The van der Waals surface area contributed by atoms with Gasteiger partial charge in [-0.2, -0.15) is 0 Å². The number of rotatable bonds is 1. The van der Waals surface area contributed by atoms with Crippen molar-refractivity contribution >= 4 is 0 Å². The van der Waals surface area contributed by atoms with Crippen molar-refractivity contribution in [3.63, 3.8) is 0 Å². The molecular weight excluding hydrogens is 162 g/mol. The third kappa shape index (κ3) is 1.73. The van der Waals surface area contributed by atoms with Crippen molar-refractivity contribution in [3.8, 4) is 0 Å². The first-order valence-corrected chi connectivity index (χ1v) is 5.44. The second-order valence-corrected chi connectivity index (χ2v) is 4.73. The van der Waals surface area contributed by atoms with Crippen LogP contribution in [0.25, 0.3) is 0 Å². The Morgan fingerprint density at radius 2 is 1.92 bits per heavy atom. The van der Waals surface area contributed by atoms with E-state index in [1.807, 2.05) is 0 Å².